The molecule has 0 atom stereocenters. The van der Waals surface area contributed by atoms with E-state index in [-0.39, 0.29) is 17.0 Å². The summed E-state index contributed by atoms with van der Waals surface area (Å²) in [5.74, 6) is 0.719. The van der Waals surface area contributed by atoms with Gasteiger partial charge in [-0.05, 0) is 37.8 Å². The van der Waals surface area contributed by atoms with Gasteiger partial charge < -0.3 is 15.4 Å². The summed E-state index contributed by atoms with van der Waals surface area (Å²) in [6.45, 7) is 10.6. The summed E-state index contributed by atoms with van der Waals surface area (Å²) in [6.07, 6.45) is 0.894. The van der Waals surface area contributed by atoms with E-state index in [0.717, 1.165) is 12.2 Å². The summed E-state index contributed by atoms with van der Waals surface area (Å²) < 4.78 is 5.13. The van der Waals surface area contributed by atoms with E-state index < -0.39 is 0 Å². The molecule has 0 aliphatic carbocycles. The van der Waals surface area contributed by atoms with Crippen molar-refractivity contribution in [1.29, 1.82) is 0 Å². The van der Waals surface area contributed by atoms with Gasteiger partial charge in [-0.15, -0.1) is 0 Å². The van der Waals surface area contributed by atoms with Crippen LogP contribution in [0.4, 0.5) is 10.5 Å². The zero-order valence-electron chi connectivity index (χ0n) is 13.3. The minimum absolute atomic E-state index is 0.159. The number of methoxy groups -OCH3 is 1. The first-order chi connectivity index (χ1) is 9.11. The van der Waals surface area contributed by atoms with E-state index in [0.29, 0.717) is 5.69 Å². The number of benzene rings is 1. The van der Waals surface area contributed by atoms with E-state index in [1.807, 2.05) is 32.0 Å². The lowest BCUT2D eigenvalue weighted by atomic mass is 9.82. The van der Waals surface area contributed by atoms with Crippen LogP contribution in [0.1, 0.15) is 41.0 Å². The van der Waals surface area contributed by atoms with Gasteiger partial charge in [0.15, 0.2) is 0 Å². The van der Waals surface area contributed by atoms with E-state index in [2.05, 4.69) is 31.4 Å². The third-order valence-electron chi connectivity index (χ3n) is 2.75. The van der Waals surface area contributed by atoms with Crippen molar-refractivity contribution < 1.29 is 9.53 Å². The van der Waals surface area contributed by atoms with Gasteiger partial charge in [-0.2, -0.15) is 0 Å². The van der Waals surface area contributed by atoms with Crippen molar-refractivity contribution in [2.24, 2.45) is 5.41 Å². The number of carbonyl (C=O) groups is 1. The van der Waals surface area contributed by atoms with Gasteiger partial charge in [0, 0.05) is 17.3 Å². The lowest BCUT2D eigenvalue weighted by molar-refractivity contribution is 0.220. The van der Waals surface area contributed by atoms with Crippen LogP contribution in [0.3, 0.4) is 0 Å². The van der Waals surface area contributed by atoms with Gasteiger partial charge in [-0.3, -0.25) is 0 Å². The molecule has 20 heavy (non-hydrogen) atoms. The van der Waals surface area contributed by atoms with Crippen molar-refractivity contribution in [3.63, 3.8) is 0 Å². The second kappa shape index (κ2) is 6.16. The SMILES string of the molecule is COc1cccc(NC(=O)NC(C)(C)CC(C)(C)C)c1. The number of rotatable bonds is 4. The maximum atomic E-state index is 12.1. The van der Waals surface area contributed by atoms with Crippen molar-refractivity contribution in [3.8, 4) is 5.75 Å². The van der Waals surface area contributed by atoms with Crippen molar-refractivity contribution in [2.75, 3.05) is 12.4 Å². The minimum atomic E-state index is -0.263. The molecular weight excluding hydrogens is 252 g/mol. The standard InChI is InChI=1S/C16H26N2O2/c1-15(2,3)11-16(4,5)18-14(19)17-12-8-7-9-13(10-12)20-6/h7-10H,11H2,1-6H3,(H2,17,18,19). The highest BCUT2D eigenvalue weighted by atomic mass is 16.5. The quantitative estimate of drug-likeness (QED) is 0.873. The molecule has 2 N–H and O–H groups in total. The number of ether oxygens (including phenoxy) is 1. The molecule has 4 heteroatoms. The van der Waals surface area contributed by atoms with Crippen molar-refractivity contribution >= 4 is 11.7 Å². The Morgan fingerprint density at radius 1 is 1.20 bits per heavy atom. The molecule has 0 heterocycles. The van der Waals surface area contributed by atoms with E-state index in [4.69, 9.17) is 4.74 Å². The summed E-state index contributed by atoms with van der Waals surface area (Å²) in [7, 11) is 1.60. The van der Waals surface area contributed by atoms with Crippen LogP contribution in [0, 0.1) is 5.41 Å². The lowest BCUT2D eigenvalue weighted by Gasteiger charge is -2.33. The van der Waals surface area contributed by atoms with Crippen molar-refractivity contribution in [2.45, 2.75) is 46.6 Å². The minimum Gasteiger partial charge on any atom is -0.497 e. The number of anilines is 1. The third kappa shape index (κ3) is 5.95. The Morgan fingerprint density at radius 2 is 1.85 bits per heavy atom. The molecule has 0 fully saturated rings. The Labute approximate surface area is 121 Å². The largest absolute Gasteiger partial charge is 0.497 e. The number of hydrogen-bond acceptors (Lipinski definition) is 2. The monoisotopic (exact) mass is 278 g/mol. The fourth-order valence-electron chi connectivity index (χ4n) is 2.54. The normalized spacial score (nSPS) is 11.9. The molecule has 1 rings (SSSR count). The molecule has 0 radical (unpaired) electrons. The van der Waals surface area contributed by atoms with Crippen molar-refractivity contribution in [3.05, 3.63) is 24.3 Å². The Bertz CT molecular complexity index is 462. The molecule has 0 aliphatic heterocycles. The maximum Gasteiger partial charge on any atom is 0.319 e. The Hall–Kier alpha value is -1.71. The van der Waals surface area contributed by atoms with E-state index >= 15 is 0 Å². The van der Waals surface area contributed by atoms with E-state index in [9.17, 15) is 4.79 Å². The molecule has 0 saturated carbocycles. The lowest BCUT2D eigenvalue weighted by Crippen LogP contribution is -2.47. The van der Waals surface area contributed by atoms with Gasteiger partial charge in [0.1, 0.15) is 5.75 Å². The fraction of sp³-hybridized carbons (Fsp3) is 0.562. The highest BCUT2D eigenvalue weighted by Gasteiger charge is 2.26. The summed E-state index contributed by atoms with van der Waals surface area (Å²) >= 11 is 0. The van der Waals surface area contributed by atoms with Crippen LogP contribution >= 0.6 is 0 Å². The molecule has 112 valence electrons. The molecule has 1 aromatic carbocycles. The first-order valence-corrected chi connectivity index (χ1v) is 6.84. The maximum absolute atomic E-state index is 12.1. The van der Waals surface area contributed by atoms with Crippen molar-refractivity contribution in [1.82, 2.24) is 5.32 Å². The molecule has 0 saturated heterocycles. The number of amides is 2. The van der Waals surface area contributed by atoms with Gasteiger partial charge in [0.25, 0.3) is 0 Å². The number of carbonyl (C=O) groups excluding carboxylic acids is 1. The van der Waals surface area contributed by atoms with Gasteiger partial charge in [0.2, 0.25) is 0 Å². The molecule has 0 bridgehead atoms. The zero-order chi connectivity index (χ0) is 15.4. The van der Waals surface area contributed by atoms with Gasteiger partial charge >= 0.3 is 6.03 Å². The van der Waals surface area contributed by atoms with Crippen LogP contribution in [0.25, 0.3) is 0 Å². The molecule has 4 nitrogen and oxygen atoms in total. The average molecular weight is 278 g/mol. The van der Waals surface area contributed by atoms with E-state index in [1.165, 1.54) is 0 Å². The number of hydrogen-bond donors (Lipinski definition) is 2. The first-order valence-electron chi connectivity index (χ1n) is 6.84. The van der Waals surface area contributed by atoms with Crippen LogP contribution < -0.4 is 15.4 Å². The predicted molar refractivity (Wildman–Crippen MR) is 83.3 cm³/mol. The molecular formula is C16H26N2O2. The highest BCUT2D eigenvalue weighted by molar-refractivity contribution is 5.89. The Morgan fingerprint density at radius 3 is 2.40 bits per heavy atom. The van der Waals surface area contributed by atoms with Gasteiger partial charge in [-0.25, -0.2) is 4.79 Å². The second-order valence-corrected chi connectivity index (χ2v) is 6.93. The van der Waals surface area contributed by atoms with Gasteiger partial charge in [-0.1, -0.05) is 26.8 Å². The summed E-state index contributed by atoms with van der Waals surface area (Å²) in [5, 5.41) is 5.84. The van der Waals surface area contributed by atoms with Crippen LogP contribution in [0.5, 0.6) is 5.75 Å². The Balaban J connectivity index is 2.63. The zero-order valence-corrected chi connectivity index (χ0v) is 13.3. The molecule has 0 unspecified atom stereocenters. The summed E-state index contributed by atoms with van der Waals surface area (Å²) in [4.78, 5) is 12.1. The van der Waals surface area contributed by atoms with Crippen LogP contribution in [0.15, 0.2) is 24.3 Å². The number of urea groups is 1. The molecule has 0 spiro atoms. The molecule has 0 aromatic heterocycles. The highest BCUT2D eigenvalue weighted by Crippen LogP contribution is 2.27. The third-order valence-corrected chi connectivity index (χ3v) is 2.75. The molecule has 0 aliphatic rings. The topological polar surface area (TPSA) is 50.4 Å². The first kappa shape index (κ1) is 16.3. The number of nitrogens with one attached hydrogen (secondary N) is 2. The fourth-order valence-corrected chi connectivity index (χ4v) is 2.54. The van der Waals surface area contributed by atoms with Gasteiger partial charge in [0.05, 0.1) is 7.11 Å². The molecule has 1 aromatic rings. The summed E-state index contributed by atoms with van der Waals surface area (Å²) in [5.41, 5.74) is 0.613. The predicted octanol–water partition coefficient (Wildman–Crippen LogP) is 4.03. The second-order valence-electron chi connectivity index (χ2n) is 6.93. The summed E-state index contributed by atoms with van der Waals surface area (Å²) in [6, 6.07) is 7.10. The van der Waals surface area contributed by atoms with Crippen LogP contribution in [-0.2, 0) is 0 Å². The van der Waals surface area contributed by atoms with Crippen LogP contribution in [0.2, 0.25) is 0 Å². The van der Waals surface area contributed by atoms with E-state index in [1.54, 1.807) is 13.2 Å². The molecule has 2 amide bonds. The smallest absolute Gasteiger partial charge is 0.319 e. The van der Waals surface area contributed by atoms with Crippen LogP contribution in [-0.4, -0.2) is 18.7 Å². The average Bonchev–Trinajstić information content (AvgIpc) is 2.24. The Kier molecular flexibility index (Phi) is 5.03.